The molecule has 0 radical (unpaired) electrons. The lowest BCUT2D eigenvalue weighted by Crippen LogP contribution is -2.14. The topological polar surface area (TPSA) is 92.5 Å². The number of anilines is 1. The number of hydrazone groups is 1. The lowest BCUT2D eigenvalue weighted by molar-refractivity contribution is 0.415. The summed E-state index contributed by atoms with van der Waals surface area (Å²) in [6, 6.07) is 22.1. The Morgan fingerprint density at radius 3 is 2.17 bits per heavy atom. The Balaban J connectivity index is 1.94. The Labute approximate surface area is 169 Å². The second kappa shape index (κ2) is 9.11. The average molecular weight is 408 g/mol. The van der Waals surface area contributed by atoms with Gasteiger partial charge in [-0.15, -0.1) is 15.3 Å². The van der Waals surface area contributed by atoms with Gasteiger partial charge in [0, 0.05) is 0 Å². The van der Waals surface area contributed by atoms with Gasteiger partial charge < -0.3 is 4.74 Å². The largest absolute Gasteiger partial charge is 0.497 e. The van der Waals surface area contributed by atoms with Crippen LogP contribution in [0.4, 0.5) is 11.4 Å². The standard InChI is InChI=1S/C21H20N4O3S/c1-16-8-10-17(11-9-16)22-24-21(29(26,27)20-6-4-3-5-7-20)25-23-18-12-14-19(28-2)15-13-18/h3-15,23H,1-2H3/b24-22?,25-21+. The summed E-state index contributed by atoms with van der Waals surface area (Å²) in [5.74, 6) is 0.677. The van der Waals surface area contributed by atoms with Gasteiger partial charge in [0.1, 0.15) is 5.75 Å². The molecule has 0 fully saturated rings. The number of ether oxygens (including phenoxy) is 1. The molecule has 8 heteroatoms. The van der Waals surface area contributed by atoms with E-state index in [4.69, 9.17) is 4.74 Å². The minimum absolute atomic E-state index is 0.0816. The number of rotatable bonds is 5. The summed E-state index contributed by atoms with van der Waals surface area (Å²) in [5, 5.41) is 11.5. The molecule has 0 spiro atoms. The fourth-order valence-corrected chi connectivity index (χ4v) is 3.37. The first-order valence-corrected chi connectivity index (χ1v) is 10.2. The molecule has 0 unspecified atom stereocenters. The van der Waals surface area contributed by atoms with E-state index in [1.165, 1.54) is 12.1 Å². The number of aryl methyl sites for hydroxylation is 1. The zero-order valence-corrected chi connectivity index (χ0v) is 16.8. The highest BCUT2D eigenvalue weighted by molar-refractivity contribution is 8.06. The van der Waals surface area contributed by atoms with Gasteiger partial charge in [0.05, 0.1) is 23.4 Å². The summed E-state index contributed by atoms with van der Waals surface area (Å²) in [6.07, 6.45) is 0. The number of nitrogens with one attached hydrogen (secondary N) is 1. The number of sulfone groups is 1. The fraction of sp³-hybridized carbons (Fsp3) is 0.0952. The van der Waals surface area contributed by atoms with E-state index in [0.717, 1.165) is 5.56 Å². The third-order valence-electron chi connectivity index (χ3n) is 3.95. The van der Waals surface area contributed by atoms with E-state index in [9.17, 15) is 8.42 Å². The van der Waals surface area contributed by atoms with Crippen LogP contribution in [0.1, 0.15) is 5.56 Å². The maximum absolute atomic E-state index is 13.0. The third-order valence-corrected chi connectivity index (χ3v) is 5.50. The van der Waals surface area contributed by atoms with Gasteiger partial charge in [-0.25, -0.2) is 8.42 Å². The number of benzene rings is 3. The Kier molecular flexibility index (Phi) is 6.36. The van der Waals surface area contributed by atoms with E-state index < -0.39 is 15.0 Å². The van der Waals surface area contributed by atoms with E-state index in [1.807, 2.05) is 19.1 Å². The van der Waals surface area contributed by atoms with Crippen molar-refractivity contribution < 1.29 is 13.2 Å². The van der Waals surface area contributed by atoms with Crippen LogP contribution >= 0.6 is 0 Å². The molecule has 3 aromatic carbocycles. The summed E-state index contributed by atoms with van der Waals surface area (Å²) in [6.45, 7) is 1.95. The second-order valence-electron chi connectivity index (χ2n) is 6.09. The van der Waals surface area contributed by atoms with E-state index in [-0.39, 0.29) is 4.90 Å². The van der Waals surface area contributed by atoms with E-state index >= 15 is 0 Å². The second-order valence-corrected chi connectivity index (χ2v) is 7.93. The van der Waals surface area contributed by atoms with Crippen molar-refractivity contribution in [3.05, 3.63) is 84.4 Å². The minimum Gasteiger partial charge on any atom is -0.497 e. The predicted molar refractivity (Wildman–Crippen MR) is 113 cm³/mol. The molecule has 0 bridgehead atoms. The van der Waals surface area contributed by atoms with Crippen LogP contribution in [-0.4, -0.2) is 20.7 Å². The van der Waals surface area contributed by atoms with Crippen molar-refractivity contribution in [2.24, 2.45) is 15.3 Å². The highest BCUT2D eigenvalue weighted by atomic mass is 32.2. The van der Waals surface area contributed by atoms with Gasteiger partial charge in [-0.2, -0.15) is 0 Å². The van der Waals surface area contributed by atoms with Gasteiger partial charge in [-0.1, -0.05) is 35.9 Å². The van der Waals surface area contributed by atoms with Gasteiger partial charge in [0.25, 0.3) is 5.17 Å². The van der Waals surface area contributed by atoms with Crippen molar-refractivity contribution in [3.63, 3.8) is 0 Å². The third kappa shape index (κ3) is 5.26. The van der Waals surface area contributed by atoms with E-state index in [0.29, 0.717) is 17.1 Å². The van der Waals surface area contributed by atoms with Crippen LogP contribution in [0.15, 0.2) is 99.1 Å². The molecule has 0 aliphatic carbocycles. The molecule has 0 amide bonds. The molecule has 29 heavy (non-hydrogen) atoms. The van der Waals surface area contributed by atoms with Crippen LogP contribution in [0.5, 0.6) is 5.75 Å². The quantitative estimate of drug-likeness (QED) is 0.280. The Morgan fingerprint density at radius 1 is 0.897 bits per heavy atom. The molecule has 0 aromatic heterocycles. The van der Waals surface area contributed by atoms with Crippen molar-refractivity contribution in [1.29, 1.82) is 0 Å². The minimum atomic E-state index is -3.96. The maximum atomic E-state index is 13.0. The zero-order valence-electron chi connectivity index (χ0n) is 16.0. The molecule has 3 rings (SSSR count). The molecule has 0 aliphatic heterocycles. The molecule has 148 valence electrons. The van der Waals surface area contributed by atoms with Crippen LogP contribution in [0.25, 0.3) is 0 Å². The first kappa shape index (κ1) is 20.2. The van der Waals surface area contributed by atoms with Crippen molar-refractivity contribution in [2.75, 3.05) is 12.5 Å². The van der Waals surface area contributed by atoms with E-state index in [2.05, 4.69) is 20.8 Å². The van der Waals surface area contributed by atoms with Crippen molar-refractivity contribution in [2.45, 2.75) is 11.8 Å². The summed E-state index contributed by atoms with van der Waals surface area (Å²) >= 11 is 0. The van der Waals surface area contributed by atoms with Gasteiger partial charge in [-0.05, 0) is 55.5 Å². The number of hydrogen-bond acceptors (Lipinski definition) is 6. The summed E-state index contributed by atoms with van der Waals surface area (Å²) in [7, 11) is -2.39. The number of methoxy groups -OCH3 is 1. The summed E-state index contributed by atoms with van der Waals surface area (Å²) < 4.78 is 31.1. The van der Waals surface area contributed by atoms with Gasteiger partial charge in [-0.3, -0.25) is 5.43 Å². The molecule has 0 aliphatic rings. The highest BCUT2D eigenvalue weighted by Gasteiger charge is 2.23. The summed E-state index contributed by atoms with van der Waals surface area (Å²) in [4.78, 5) is 0.0816. The Bertz CT molecular complexity index is 1110. The Hall–Kier alpha value is -3.52. The maximum Gasteiger partial charge on any atom is 0.289 e. The monoisotopic (exact) mass is 408 g/mol. The molecular formula is C21H20N4O3S. The van der Waals surface area contributed by atoms with Crippen LogP contribution in [0.3, 0.4) is 0 Å². The smallest absolute Gasteiger partial charge is 0.289 e. The zero-order chi connectivity index (χ0) is 20.7. The summed E-state index contributed by atoms with van der Waals surface area (Å²) in [5.41, 5.74) is 4.89. The first-order valence-electron chi connectivity index (χ1n) is 8.75. The molecule has 0 atom stereocenters. The molecule has 0 saturated heterocycles. The average Bonchev–Trinajstić information content (AvgIpc) is 2.76. The normalized spacial score (nSPS) is 12.1. The highest BCUT2D eigenvalue weighted by Crippen LogP contribution is 2.19. The van der Waals surface area contributed by atoms with Crippen LogP contribution in [-0.2, 0) is 9.84 Å². The fourth-order valence-electron chi connectivity index (χ4n) is 2.33. The molecule has 7 nitrogen and oxygen atoms in total. The molecule has 3 aromatic rings. The number of nitrogens with zero attached hydrogens (tertiary/aromatic N) is 3. The molecule has 1 N–H and O–H groups in total. The van der Waals surface area contributed by atoms with Crippen molar-refractivity contribution >= 4 is 26.4 Å². The molecular weight excluding hydrogens is 388 g/mol. The van der Waals surface area contributed by atoms with E-state index in [1.54, 1.807) is 61.7 Å². The molecule has 0 saturated carbocycles. The van der Waals surface area contributed by atoms with Gasteiger partial charge in [0.2, 0.25) is 9.84 Å². The number of azo groups is 1. The van der Waals surface area contributed by atoms with Crippen LogP contribution < -0.4 is 10.2 Å². The molecule has 0 heterocycles. The number of hydrogen-bond donors (Lipinski definition) is 1. The van der Waals surface area contributed by atoms with Crippen molar-refractivity contribution in [1.82, 2.24) is 0 Å². The van der Waals surface area contributed by atoms with Gasteiger partial charge >= 0.3 is 0 Å². The predicted octanol–water partition coefficient (Wildman–Crippen LogP) is 4.94. The Morgan fingerprint density at radius 2 is 1.55 bits per heavy atom. The van der Waals surface area contributed by atoms with Crippen LogP contribution in [0, 0.1) is 6.92 Å². The lowest BCUT2D eigenvalue weighted by atomic mass is 10.2. The van der Waals surface area contributed by atoms with Gasteiger partial charge in [0.15, 0.2) is 0 Å². The lowest BCUT2D eigenvalue weighted by Gasteiger charge is -2.06. The number of amidine groups is 1. The first-order chi connectivity index (χ1) is 14.0. The van der Waals surface area contributed by atoms with Crippen LogP contribution in [0.2, 0.25) is 0 Å². The SMILES string of the molecule is COc1ccc(N/N=C(\N=Nc2ccc(C)cc2)S(=O)(=O)c2ccccc2)cc1. The van der Waals surface area contributed by atoms with Crippen molar-refractivity contribution in [3.8, 4) is 5.75 Å².